The second-order valence-electron chi connectivity index (χ2n) is 11.3. The van der Waals surface area contributed by atoms with Crippen LogP contribution in [-0.4, -0.2) is 68.3 Å². The van der Waals surface area contributed by atoms with E-state index in [-0.39, 0.29) is 12.4 Å². The molecule has 10 nitrogen and oxygen atoms in total. The lowest BCUT2D eigenvalue weighted by Crippen LogP contribution is -2.71. The summed E-state index contributed by atoms with van der Waals surface area (Å²) in [5.74, 6) is -2.41. The minimum atomic E-state index is -1.64. The molecule has 5 heterocycles. The predicted octanol–water partition coefficient (Wildman–Crippen LogP) is 3.33. The molecule has 5 aliphatic heterocycles. The molecule has 4 fully saturated rings. The first-order chi connectivity index (χ1) is 18.8. The molecule has 39 heavy (non-hydrogen) atoms. The lowest BCUT2D eigenvalue weighted by atomic mass is 9.77. The van der Waals surface area contributed by atoms with Crippen LogP contribution in [0.25, 0.3) is 10.8 Å². The maximum atomic E-state index is 13.2. The maximum Gasteiger partial charge on any atom is 0.320 e. The summed E-state index contributed by atoms with van der Waals surface area (Å²) in [6.07, 6.45) is 0.426. The van der Waals surface area contributed by atoms with Crippen molar-refractivity contribution in [3.63, 3.8) is 0 Å². The number of fused-ring (bicyclic) bond motifs is 8. The number of hydrogen-bond acceptors (Lipinski definition) is 10. The summed E-state index contributed by atoms with van der Waals surface area (Å²) < 4.78 is 50.3. The van der Waals surface area contributed by atoms with E-state index in [1.54, 1.807) is 7.11 Å². The molecule has 0 amide bonds. The third kappa shape index (κ3) is 2.69. The molecule has 1 aliphatic carbocycles. The topological polar surface area (TPSA) is 111 Å². The Kier molecular flexibility index (Phi) is 4.75. The molecule has 1 spiro atoms. The van der Waals surface area contributed by atoms with Gasteiger partial charge in [0.15, 0.2) is 11.9 Å². The number of carbonyl (C=O) groups excluding carboxylic acids is 2. The number of carbonyl (C=O) groups is 2. The highest BCUT2D eigenvalue weighted by molar-refractivity contribution is 6.09. The summed E-state index contributed by atoms with van der Waals surface area (Å²) in [6.45, 7) is 6.39. The summed E-state index contributed by atoms with van der Waals surface area (Å²) >= 11 is 0. The first kappa shape index (κ1) is 24.1. The molecule has 2 aromatic carbocycles. The number of rotatable bonds is 3. The largest absolute Gasteiger partial charge is 0.496 e. The van der Waals surface area contributed by atoms with Crippen molar-refractivity contribution in [3.05, 3.63) is 33.9 Å². The van der Waals surface area contributed by atoms with Gasteiger partial charge in [0.05, 0.1) is 26.9 Å². The Bertz CT molecular complexity index is 1470. The molecule has 10 heteroatoms. The third-order valence-corrected chi connectivity index (χ3v) is 9.19. The number of esters is 1. The molecular formula is C29H30O10. The predicted molar refractivity (Wildman–Crippen MR) is 133 cm³/mol. The number of ether oxygens (including phenoxy) is 8. The van der Waals surface area contributed by atoms with E-state index in [0.29, 0.717) is 36.7 Å². The van der Waals surface area contributed by atoms with Crippen LogP contribution in [0.5, 0.6) is 11.5 Å². The highest BCUT2D eigenvalue weighted by atomic mass is 16.9. The molecule has 5 atom stereocenters. The first-order valence-electron chi connectivity index (χ1n) is 13.6. The highest BCUT2D eigenvalue weighted by Crippen LogP contribution is 2.72. The maximum absolute atomic E-state index is 13.2. The van der Waals surface area contributed by atoms with E-state index in [0.717, 1.165) is 52.3 Å². The zero-order chi connectivity index (χ0) is 26.9. The molecule has 0 radical (unpaired) electrons. The standard InChI is InChI=1S/C29H30O10/c1-13-11-17-21(14(2)20-16(22(17)32-4)7-5-8-18(20)31)23-19(13)24-25-28(37-23,36-15(3)30)27(12-35-27)29(38-24,39-25)26-33-9-6-10-34-26/h11,24-26H,5-10,12H2,1-4H3/t24?,25?,27-,28+,29?/m0/s1. The molecule has 3 unspecified atom stereocenters. The summed E-state index contributed by atoms with van der Waals surface area (Å²) in [5.41, 5.74) is 2.81. The van der Waals surface area contributed by atoms with Gasteiger partial charge in [-0.3, -0.25) is 9.59 Å². The Hall–Kier alpha value is -2.76. The second-order valence-corrected chi connectivity index (χ2v) is 11.3. The van der Waals surface area contributed by atoms with Gasteiger partial charge in [-0.1, -0.05) is 0 Å². The van der Waals surface area contributed by atoms with E-state index >= 15 is 0 Å². The molecule has 0 aromatic heterocycles. The molecule has 2 bridgehead atoms. The number of aryl methyl sites for hydroxylation is 2. The molecule has 2 aromatic rings. The van der Waals surface area contributed by atoms with Gasteiger partial charge in [-0.05, 0) is 50.3 Å². The van der Waals surface area contributed by atoms with E-state index in [9.17, 15) is 9.59 Å². The van der Waals surface area contributed by atoms with E-state index in [2.05, 4.69) is 6.07 Å². The van der Waals surface area contributed by atoms with Gasteiger partial charge in [0.25, 0.3) is 5.79 Å². The van der Waals surface area contributed by atoms with Crippen molar-refractivity contribution < 1.29 is 47.5 Å². The van der Waals surface area contributed by atoms with Crippen molar-refractivity contribution in [2.24, 2.45) is 0 Å². The fourth-order valence-corrected chi connectivity index (χ4v) is 7.67. The van der Waals surface area contributed by atoms with E-state index in [1.807, 2.05) is 13.8 Å². The monoisotopic (exact) mass is 538 g/mol. The summed E-state index contributed by atoms with van der Waals surface area (Å²) in [7, 11) is 1.63. The van der Waals surface area contributed by atoms with Crippen LogP contribution in [-0.2, 0) is 39.6 Å². The lowest BCUT2D eigenvalue weighted by Gasteiger charge is -2.49. The van der Waals surface area contributed by atoms with E-state index < -0.39 is 41.6 Å². The highest BCUT2D eigenvalue weighted by Gasteiger charge is 2.94. The van der Waals surface area contributed by atoms with Gasteiger partial charge in [-0.2, -0.15) is 0 Å². The zero-order valence-corrected chi connectivity index (χ0v) is 22.3. The smallest absolute Gasteiger partial charge is 0.320 e. The minimum absolute atomic E-state index is 0.0864. The lowest BCUT2D eigenvalue weighted by molar-refractivity contribution is -0.363. The van der Waals surface area contributed by atoms with Gasteiger partial charge in [0, 0.05) is 40.8 Å². The molecule has 8 rings (SSSR count). The molecule has 206 valence electrons. The molecule has 4 saturated heterocycles. The SMILES string of the molecule is COc1c2c(c(C)c3c4c(c(C)cc13)C1OC3(C5OCCCO5)OC1[C@@](OC(C)=O)(O4)[C@@]31CO1)C(=O)CCC2. The van der Waals surface area contributed by atoms with Gasteiger partial charge in [0.1, 0.15) is 17.6 Å². The summed E-state index contributed by atoms with van der Waals surface area (Å²) in [5, 5.41) is 1.57. The van der Waals surface area contributed by atoms with Crippen molar-refractivity contribution in [2.45, 2.75) is 82.1 Å². The van der Waals surface area contributed by atoms with Gasteiger partial charge in [-0.25, -0.2) is 0 Å². The Morgan fingerprint density at radius 3 is 2.56 bits per heavy atom. The van der Waals surface area contributed by atoms with Crippen LogP contribution in [0.2, 0.25) is 0 Å². The van der Waals surface area contributed by atoms with Crippen LogP contribution in [0.15, 0.2) is 6.07 Å². The molecule has 0 N–H and O–H groups in total. The number of benzene rings is 2. The Morgan fingerprint density at radius 2 is 1.87 bits per heavy atom. The second kappa shape index (κ2) is 7.70. The molecular weight excluding hydrogens is 508 g/mol. The van der Waals surface area contributed by atoms with Crippen LogP contribution in [0.3, 0.4) is 0 Å². The van der Waals surface area contributed by atoms with Crippen LogP contribution in [0.1, 0.15) is 64.9 Å². The molecule has 6 aliphatic rings. The van der Waals surface area contributed by atoms with Gasteiger partial charge in [0.2, 0.25) is 11.9 Å². The fraction of sp³-hybridized carbons (Fsp3) is 0.586. The van der Waals surface area contributed by atoms with Gasteiger partial charge >= 0.3 is 11.8 Å². The summed E-state index contributed by atoms with van der Waals surface area (Å²) in [4.78, 5) is 25.8. The first-order valence-corrected chi connectivity index (χ1v) is 13.6. The Morgan fingerprint density at radius 1 is 1.10 bits per heavy atom. The van der Waals surface area contributed by atoms with Gasteiger partial charge < -0.3 is 37.9 Å². The zero-order valence-electron chi connectivity index (χ0n) is 22.3. The van der Waals surface area contributed by atoms with E-state index in [1.165, 1.54) is 6.92 Å². The van der Waals surface area contributed by atoms with Crippen LogP contribution >= 0.6 is 0 Å². The van der Waals surface area contributed by atoms with Gasteiger partial charge in [-0.15, -0.1) is 0 Å². The van der Waals surface area contributed by atoms with Crippen molar-refractivity contribution in [1.82, 2.24) is 0 Å². The quantitative estimate of drug-likeness (QED) is 0.426. The Labute approximate surface area is 224 Å². The van der Waals surface area contributed by atoms with Crippen molar-refractivity contribution in [1.29, 1.82) is 0 Å². The number of Topliss-reactive ketones (excluding diaryl/α,β-unsaturated/α-hetero) is 1. The number of ketones is 1. The number of epoxide rings is 1. The van der Waals surface area contributed by atoms with Crippen molar-refractivity contribution in [2.75, 3.05) is 26.9 Å². The fourth-order valence-electron chi connectivity index (χ4n) is 7.67. The average Bonchev–Trinajstić information content (AvgIpc) is 3.57. The van der Waals surface area contributed by atoms with E-state index in [4.69, 9.17) is 37.9 Å². The molecule has 0 saturated carbocycles. The number of hydrogen-bond donors (Lipinski definition) is 0. The van der Waals surface area contributed by atoms with Crippen molar-refractivity contribution in [3.8, 4) is 11.5 Å². The number of methoxy groups -OCH3 is 1. The average molecular weight is 539 g/mol. The van der Waals surface area contributed by atoms with Crippen LogP contribution in [0.4, 0.5) is 0 Å². The normalized spacial score (nSPS) is 36.1. The minimum Gasteiger partial charge on any atom is -0.496 e. The van der Waals surface area contributed by atoms with Crippen molar-refractivity contribution >= 4 is 22.5 Å². The van der Waals surface area contributed by atoms with Crippen LogP contribution in [0, 0.1) is 13.8 Å². The Balaban J connectivity index is 1.41. The summed E-state index contributed by atoms with van der Waals surface area (Å²) in [6, 6.07) is 2.06. The third-order valence-electron chi connectivity index (χ3n) is 9.19. The van der Waals surface area contributed by atoms with Crippen LogP contribution < -0.4 is 9.47 Å².